The van der Waals surface area contributed by atoms with E-state index in [9.17, 15) is 9.59 Å². The molecule has 21 heavy (non-hydrogen) atoms. The van der Waals surface area contributed by atoms with E-state index >= 15 is 0 Å². The van der Waals surface area contributed by atoms with Crippen molar-refractivity contribution >= 4 is 35.0 Å². The molecule has 112 valence electrons. The molecular formula is C16H17Cl2NO2. The first-order chi connectivity index (χ1) is 10.0. The van der Waals surface area contributed by atoms with Crippen LogP contribution in [0.4, 0.5) is 0 Å². The van der Waals surface area contributed by atoms with E-state index in [1.54, 1.807) is 18.2 Å². The lowest BCUT2D eigenvalue weighted by atomic mass is 9.73. The van der Waals surface area contributed by atoms with Crippen molar-refractivity contribution in [1.29, 1.82) is 0 Å². The average molecular weight is 326 g/mol. The number of carbonyl (C=O) groups excluding carboxylic acids is 2. The summed E-state index contributed by atoms with van der Waals surface area (Å²) in [5.74, 6) is -0.0637. The molecule has 0 radical (unpaired) electrons. The molecule has 0 bridgehead atoms. The first-order valence-electron chi connectivity index (χ1n) is 7.31. The monoisotopic (exact) mass is 325 g/mol. The Morgan fingerprint density at radius 3 is 2.43 bits per heavy atom. The Balaban J connectivity index is 1.80. The van der Waals surface area contributed by atoms with E-state index in [-0.39, 0.29) is 18.4 Å². The van der Waals surface area contributed by atoms with Gasteiger partial charge in [0.25, 0.3) is 0 Å². The molecule has 1 aliphatic carbocycles. The van der Waals surface area contributed by atoms with Gasteiger partial charge in [-0.3, -0.25) is 14.5 Å². The summed E-state index contributed by atoms with van der Waals surface area (Å²) in [6.07, 6.45) is 5.30. The van der Waals surface area contributed by atoms with Crippen molar-refractivity contribution in [2.45, 2.75) is 45.1 Å². The van der Waals surface area contributed by atoms with E-state index < -0.39 is 5.41 Å². The van der Waals surface area contributed by atoms with Gasteiger partial charge >= 0.3 is 0 Å². The van der Waals surface area contributed by atoms with Gasteiger partial charge in [0, 0.05) is 6.42 Å². The zero-order chi connectivity index (χ0) is 15.0. The highest BCUT2D eigenvalue weighted by Gasteiger charge is 2.51. The second-order valence-electron chi connectivity index (χ2n) is 6.05. The molecular weight excluding hydrogens is 309 g/mol. The van der Waals surface area contributed by atoms with Crippen LogP contribution in [0.15, 0.2) is 18.2 Å². The first-order valence-corrected chi connectivity index (χ1v) is 8.06. The minimum Gasteiger partial charge on any atom is -0.278 e. The van der Waals surface area contributed by atoms with Crippen LogP contribution in [0.2, 0.25) is 10.0 Å². The Bertz CT molecular complexity index is 594. The smallest absolute Gasteiger partial charge is 0.236 e. The molecule has 1 saturated carbocycles. The predicted molar refractivity (Wildman–Crippen MR) is 82.2 cm³/mol. The molecule has 1 saturated heterocycles. The van der Waals surface area contributed by atoms with Crippen molar-refractivity contribution < 1.29 is 9.59 Å². The highest BCUT2D eigenvalue weighted by molar-refractivity contribution is 6.42. The second-order valence-corrected chi connectivity index (χ2v) is 6.87. The molecule has 0 aromatic heterocycles. The molecule has 0 unspecified atom stereocenters. The molecule has 0 N–H and O–H groups in total. The van der Waals surface area contributed by atoms with Crippen molar-refractivity contribution in [3.8, 4) is 0 Å². The molecule has 1 heterocycles. The summed E-state index contributed by atoms with van der Waals surface area (Å²) in [6.45, 7) is 0.288. The third-order valence-electron chi connectivity index (χ3n) is 4.62. The Kier molecular flexibility index (Phi) is 3.98. The molecule has 1 aromatic rings. The van der Waals surface area contributed by atoms with Gasteiger partial charge in [-0.15, -0.1) is 0 Å². The third kappa shape index (κ3) is 2.69. The topological polar surface area (TPSA) is 37.4 Å². The van der Waals surface area contributed by atoms with Crippen LogP contribution >= 0.6 is 23.2 Å². The van der Waals surface area contributed by atoms with Crippen LogP contribution in [0.5, 0.6) is 0 Å². The molecule has 2 amide bonds. The van der Waals surface area contributed by atoms with Crippen molar-refractivity contribution in [2.24, 2.45) is 5.41 Å². The zero-order valence-corrected chi connectivity index (χ0v) is 13.2. The van der Waals surface area contributed by atoms with E-state index in [0.717, 1.165) is 37.7 Å². The molecule has 1 aliphatic heterocycles. The number of carbonyl (C=O) groups is 2. The number of nitrogens with zero attached hydrogens (tertiary/aromatic N) is 1. The van der Waals surface area contributed by atoms with Crippen LogP contribution in [0, 0.1) is 5.41 Å². The summed E-state index contributed by atoms with van der Waals surface area (Å²) in [5.41, 5.74) is 0.407. The molecule has 3 nitrogen and oxygen atoms in total. The van der Waals surface area contributed by atoms with Crippen LogP contribution < -0.4 is 0 Å². The van der Waals surface area contributed by atoms with Crippen molar-refractivity contribution in [3.05, 3.63) is 33.8 Å². The predicted octanol–water partition coefficient (Wildman–Crippen LogP) is 4.20. The van der Waals surface area contributed by atoms with Gasteiger partial charge in [-0.25, -0.2) is 0 Å². The highest BCUT2D eigenvalue weighted by Crippen LogP contribution is 2.45. The summed E-state index contributed by atoms with van der Waals surface area (Å²) in [4.78, 5) is 26.3. The molecule has 1 spiro atoms. The van der Waals surface area contributed by atoms with Crippen molar-refractivity contribution in [2.75, 3.05) is 0 Å². The van der Waals surface area contributed by atoms with Crippen LogP contribution in [0.25, 0.3) is 0 Å². The molecule has 2 aliphatic rings. The maximum atomic E-state index is 12.7. The van der Waals surface area contributed by atoms with Gasteiger partial charge in [-0.1, -0.05) is 48.5 Å². The minimum atomic E-state index is -0.425. The van der Waals surface area contributed by atoms with Crippen LogP contribution in [-0.2, 0) is 16.1 Å². The summed E-state index contributed by atoms with van der Waals surface area (Å²) in [6, 6.07) is 5.22. The van der Waals surface area contributed by atoms with Gasteiger partial charge in [-0.2, -0.15) is 0 Å². The van der Waals surface area contributed by atoms with Gasteiger partial charge in [0.1, 0.15) is 0 Å². The molecule has 0 atom stereocenters. The molecule has 1 aromatic carbocycles. The highest BCUT2D eigenvalue weighted by atomic mass is 35.5. The lowest BCUT2D eigenvalue weighted by molar-refractivity contribution is -0.142. The fourth-order valence-electron chi connectivity index (χ4n) is 3.46. The van der Waals surface area contributed by atoms with Gasteiger partial charge in [0.15, 0.2) is 0 Å². The van der Waals surface area contributed by atoms with E-state index in [4.69, 9.17) is 23.2 Å². The number of hydrogen-bond donors (Lipinski definition) is 0. The van der Waals surface area contributed by atoms with Gasteiger partial charge in [-0.05, 0) is 30.5 Å². The number of benzene rings is 1. The Morgan fingerprint density at radius 1 is 1.05 bits per heavy atom. The largest absolute Gasteiger partial charge is 0.278 e. The van der Waals surface area contributed by atoms with Crippen LogP contribution in [0.1, 0.15) is 44.1 Å². The van der Waals surface area contributed by atoms with Gasteiger partial charge < -0.3 is 0 Å². The minimum absolute atomic E-state index is 0.00160. The summed E-state index contributed by atoms with van der Waals surface area (Å²) >= 11 is 11.9. The van der Waals surface area contributed by atoms with E-state index in [0.29, 0.717) is 16.5 Å². The van der Waals surface area contributed by atoms with Gasteiger partial charge in [0.05, 0.1) is 22.0 Å². The number of halogens is 2. The quantitative estimate of drug-likeness (QED) is 0.764. The van der Waals surface area contributed by atoms with Crippen LogP contribution in [0.3, 0.4) is 0 Å². The standard InChI is InChI=1S/C16H17Cl2NO2/c17-12-5-4-11(8-13(12)18)10-19-14(20)9-16(15(19)21)6-2-1-3-7-16/h4-5,8H,1-3,6-7,9-10H2. The second kappa shape index (κ2) is 5.62. The third-order valence-corrected chi connectivity index (χ3v) is 5.36. The SMILES string of the molecule is O=C1CC2(CCCCC2)C(=O)N1Cc1ccc(Cl)c(Cl)c1. The molecule has 5 heteroatoms. The Hall–Kier alpha value is -1.06. The van der Waals surface area contributed by atoms with Gasteiger partial charge in [0.2, 0.25) is 11.8 Å². The Labute approximate surface area is 134 Å². The van der Waals surface area contributed by atoms with E-state index in [1.807, 2.05) is 0 Å². The zero-order valence-electron chi connectivity index (χ0n) is 11.7. The maximum Gasteiger partial charge on any atom is 0.236 e. The van der Waals surface area contributed by atoms with Crippen molar-refractivity contribution in [3.63, 3.8) is 0 Å². The molecule has 3 rings (SSSR count). The fraction of sp³-hybridized carbons (Fsp3) is 0.500. The first kappa shape index (κ1) is 14.9. The Morgan fingerprint density at radius 2 is 1.76 bits per heavy atom. The van der Waals surface area contributed by atoms with E-state index in [1.165, 1.54) is 4.90 Å². The number of likely N-dealkylation sites (tertiary alicyclic amines) is 1. The number of rotatable bonds is 2. The fourth-order valence-corrected chi connectivity index (χ4v) is 3.78. The summed E-state index contributed by atoms with van der Waals surface area (Å²) in [5, 5.41) is 0.920. The lowest BCUT2D eigenvalue weighted by Crippen LogP contribution is -2.36. The summed E-state index contributed by atoms with van der Waals surface area (Å²) in [7, 11) is 0. The number of amides is 2. The number of imide groups is 1. The summed E-state index contributed by atoms with van der Waals surface area (Å²) < 4.78 is 0. The maximum absolute atomic E-state index is 12.7. The number of hydrogen-bond acceptors (Lipinski definition) is 2. The lowest BCUT2D eigenvalue weighted by Gasteiger charge is -2.30. The normalized spacial score (nSPS) is 21.3. The van der Waals surface area contributed by atoms with Crippen molar-refractivity contribution in [1.82, 2.24) is 4.90 Å². The molecule has 2 fully saturated rings. The average Bonchev–Trinajstić information content (AvgIpc) is 2.68. The van der Waals surface area contributed by atoms with Crippen LogP contribution in [-0.4, -0.2) is 16.7 Å². The van der Waals surface area contributed by atoms with E-state index in [2.05, 4.69) is 0 Å².